The summed E-state index contributed by atoms with van der Waals surface area (Å²) in [4.78, 5) is 23.4. The number of nitrogens with one attached hydrogen (secondary N) is 1. The SMILES string of the molecule is CN1C(=O)NC(=O)C1CCCCl. The van der Waals surface area contributed by atoms with Gasteiger partial charge in [-0.2, -0.15) is 0 Å². The Morgan fingerprint density at radius 3 is 2.67 bits per heavy atom. The van der Waals surface area contributed by atoms with Crippen LogP contribution in [-0.4, -0.2) is 35.8 Å². The number of amides is 3. The van der Waals surface area contributed by atoms with Gasteiger partial charge in [-0.1, -0.05) is 0 Å². The van der Waals surface area contributed by atoms with Crippen molar-refractivity contribution in [2.24, 2.45) is 0 Å². The average molecular weight is 191 g/mol. The molecule has 1 heterocycles. The van der Waals surface area contributed by atoms with E-state index in [0.29, 0.717) is 12.3 Å². The van der Waals surface area contributed by atoms with Gasteiger partial charge in [-0.3, -0.25) is 10.1 Å². The van der Waals surface area contributed by atoms with Gasteiger partial charge in [0.05, 0.1) is 0 Å². The maximum atomic E-state index is 11.1. The lowest BCUT2D eigenvalue weighted by molar-refractivity contribution is -0.121. The average Bonchev–Trinajstić information content (AvgIpc) is 2.25. The molecule has 0 aliphatic carbocycles. The van der Waals surface area contributed by atoms with Gasteiger partial charge in [0.15, 0.2) is 0 Å². The fourth-order valence-electron chi connectivity index (χ4n) is 1.19. The van der Waals surface area contributed by atoms with E-state index in [1.54, 1.807) is 7.05 Å². The molecule has 3 amide bonds. The number of imide groups is 1. The molecule has 1 fully saturated rings. The van der Waals surface area contributed by atoms with Crippen LogP contribution in [-0.2, 0) is 4.79 Å². The first-order valence-electron chi connectivity index (χ1n) is 3.80. The zero-order chi connectivity index (χ0) is 9.14. The van der Waals surface area contributed by atoms with Crippen LogP contribution in [0.2, 0.25) is 0 Å². The van der Waals surface area contributed by atoms with E-state index in [1.165, 1.54) is 4.90 Å². The summed E-state index contributed by atoms with van der Waals surface area (Å²) in [5.74, 6) is 0.304. The fourth-order valence-corrected chi connectivity index (χ4v) is 1.34. The molecule has 68 valence electrons. The minimum Gasteiger partial charge on any atom is -0.315 e. The third-order valence-corrected chi connectivity index (χ3v) is 2.20. The number of hydrogen-bond donors (Lipinski definition) is 1. The molecule has 0 saturated carbocycles. The lowest BCUT2D eigenvalue weighted by Crippen LogP contribution is -2.31. The van der Waals surface area contributed by atoms with Crippen molar-refractivity contribution in [2.45, 2.75) is 18.9 Å². The van der Waals surface area contributed by atoms with Gasteiger partial charge in [0.25, 0.3) is 5.91 Å². The van der Waals surface area contributed by atoms with E-state index >= 15 is 0 Å². The minimum absolute atomic E-state index is 0.215. The Balaban J connectivity index is 2.51. The highest BCUT2D eigenvalue weighted by molar-refractivity contribution is 6.17. The number of carbonyl (C=O) groups is 2. The second-order valence-corrected chi connectivity index (χ2v) is 3.13. The zero-order valence-corrected chi connectivity index (χ0v) is 7.60. The van der Waals surface area contributed by atoms with Crippen LogP contribution >= 0.6 is 11.6 Å². The molecule has 0 radical (unpaired) electrons. The van der Waals surface area contributed by atoms with Gasteiger partial charge in [0, 0.05) is 12.9 Å². The first kappa shape index (κ1) is 9.32. The minimum atomic E-state index is -0.323. The molecule has 12 heavy (non-hydrogen) atoms. The number of urea groups is 1. The van der Waals surface area contributed by atoms with Crippen molar-refractivity contribution in [1.29, 1.82) is 0 Å². The van der Waals surface area contributed by atoms with Crippen LogP contribution in [0.25, 0.3) is 0 Å². The lowest BCUT2D eigenvalue weighted by atomic mass is 10.1. The molecule has 1 aliphatic heterocycles. The highest BCUT2D eigenvalue weighted by Crippen LogP contribution is 2.11. The maximum absolute atomic E-state index is 11.1. The second-order valence-electron chi connectivity index (χ2n) is 2.75. The first-order chi connectivity index (χ1) is 5.66. The van der Waals surface area contributed by atoms with Gasteiger partial charge in [0.1, 0.15) is 6.04 Å². The highest BCUT2D eigenvalue weighted by atomic mass is 35.5. The molecule has 1 saturated heterocycles. The molecule has 1 atom stereocenters. The molecular formula is C7H11ClN2O2. The van der Waals surface area contributed by atoms with Crippen LogP contribution in [0.4, 0.5) is 4.79 Å². The van der Waals surface area contributed by atoms with E-state index in [2.05, 4.69) is 5.32 Å². The molecule has 0 aromatic carbocycles. The van der Waals surface area contributed by atoms with Crippen molar-refractivity contribution < 1.29 is 9.59 Å². The number of nitrogens with zero attached hydrogens (tertiary/aromatic N) is 1. The van der Waals surface area contributed by atoms with Gasteiger partial charge < -0.3 is 4.90 Å². The Morgan fingerprint density at radius 1 is 1.58 bits per heavy atom. The third kappa shape index (κ3) is 1.69. The van der Waals surface area contributed by atoms with Crippen LogP contribution in [0.3, 0.4) is 0 Å². The number of hydrogen-bond acceptors (Lipinski definition) is 2. The summed E-state index contributed by atoms with van der Waals surface area (Å²) in [5, 5.41) is 2.23. The van der Waals surface area contributed by atoms with E-state index in [1.807, 2.05) is 0 Å². The zero-order valence-electron chi connectivity index (χ0n) is 6.84. The normalized spacial score (nSPS) is 23.2. The summed E-state index contributed by atoms with van der Waals surface area (Å²) in [5.41, 5.74) is 0. The topological polar surface area (TPSA) is 49.4 Å². The monoisotopic (exact) mass is 190 g/mol. The molecule has 4 nitrogen and oxygen atoms in total. The lowest BCUT2D eigenvalue weighted by Gasteiger charge is -2.14. The van der Waals surface area contributed by atoms with E-state index in [0.717, 1.165) is 6.42 Å². The number of alkyl halides is 1. The quantitative estimate of drug-likeness (QED) is 0.522. The molecule has 0 aromatic rings. The molecule has 0 spiro atoms. The predicted molar refractivity (Wildman–Crippen MR) is 45.0 cm³/mol. The van der Waals surface area contributed by atoms with Crippen molar-refractivity contribution >= 4 is 23.5 Å². The summed E-state index contributed by atoms with van der Waals surface area (Å²) < 4.78 is 0. The van der Waals surface area contributed by atoms with Crippen LogP contribution in [0, 0.1) is 0 Å². The van der Waals surface area contributed by atoms with E-state index in [-0.39, 0.29) is 18.0 Å². The van der Waals surface area contributed by atoms with Gasteiger partial charge in [0.2, 0.25) is 0 Å². The van der Waals surface area contributed by atoms with Crippen molar-refractivity contribution in [3.63, 3.8) is 0 Å². The standard InChI is InChI=1S/C7H11ClN2O2/c1-10-5(3-2-4-8)6(11)9-7(10)12/h5H,2-4H2,1H3,(H,9,11,12). The summed E-state index contributed by atoms with van der Waals surface area (Å²) in [6.07, 6.45) is 1.38. The molecule has 0 aromatic heterocycles. The molecule has 1 unspecified atom stereocenters. The molecule has 1 rings (SSSR count). The summed E-state index contributed by atoms with van der Waals surface area (Å²) in [7, 11) is 1.61. The number of carbonyl (C=O) groups excluding carboxylic acids is 2. The van der Waals surface area contributed by atoms with Crippen molar-refractivity contribution in [1.82, 2.24) is 10.2 Å². The summed E-state index contributed by atoms with van der Waals surface area (Å²) in [6.45, 7) is 0. The largest absolute Gasteiger partial charge is 0.324 e. The van der Waals surface area contributed by atoms with E-state index in [9.17, 15) is 9.59 Å². The fraction of sp³-hybridized carbons (Fsp3) is 0.714. The molecular weight excluding hydrogens is 180 g/mol. The molecule has 1 N–H and O–H groups in total. The van der Waals surface area contributed by atoms with Crippen molar-refractivity contribution in [3.05, 3.63) is 0 Å². The second kappa shape index (κ2) is 3.76. The van der Waals surface area contributed by atoms with Gasteiger partial charge >= 0.3 is 6.03 Å². The highest BCUT2D eigenvalue weighted by Gasteiger charge is 2.34. The molecule has 0 bridgehead atoms. The van der Waals surface area contributed by atoms with Crippen molar-refractivity contribution in [2.75, 3.05) is 12.9 Å². The van der Waals surface area contributed by atoms with Crippen molar-refractivity contribution in [3.8, 4) is 0 Å². The van der Waals surface area contributed by atoms with E-state index < -0.39 is 0 Å². The number of halogens is 1. The number of rotatable bonds is 3. The maximum Gasteiger partial charge on any atom is 0.324 e. The predicted octanol–water partition coefficient (Wildman–Crippen LogP) is 0.556. The Morgan fingerprint density at radius 2 is 2.25 bits per heavy atom. The van der Waals surface area contributed by atoms with Gasteiger partial charge in [-0.15, -0.1) is 11.6 Å². The number of likely N-dealkylation sites (N-methyl/N-ethyl adjacent to an activating group) is 1. The first-order valence-corrected chi connectivity index (χ1v) is 4.34. The summed E-state index contributed by atoms with van der Waals surface area (Å²) >= 11 is 5.48. The van der Waals surface area contributed by atoms with Crippen LogP contribution in [0.5, 0.6) is 0 Å². The molecule has 1 aliphatic rings. The Labute approximate surface area is 75.9 Å². The van der Waals surface area contributed by atoms with Crippen LogP contribution in [0.1, 0.15) is 12.8 Å². The van der Waals surface area contributed by atoms with Gasteiger partial charge in [-0.25, -0.2) is 4.79 Å². The smallest absolute Gasteiger partial charge is 0.315 e. The van der Waals surface area contributed by atoms with Gasteiger partial charge in [-0.05, 0) is 12.8 Å². The molecule has 5 heteroatoms. The Hall–Kier alpha value is -0.770. The third-order valence-electron chi connectivity index (χ3n) is 1.93. The van der Waals surface area contributed by atoms with Crippen LogP contribution in [0.15, 0.2) is 0 Å². The Bertz CT molecular complexity index is 208. The van der Waals surface area contributed by atoms with E-state index in [4.69, 9.17) is 11.6 Å². The summed E-state index contributed by atoms with van der Waals surface area (Å²) in [6, 6.07) is -0.643. The Kier molecular flexibility index (Phi) is 2.92. The van der Waals surface area contributed by atoms with Crippen LogP contribution < -0.4 is 5.32 Å².